The molecule has 0 fully saturated rings. The van der Waals surface area contributed by atoms with Crippen molar-refractivity contribution >= 4 is 22.4 Å². The van der Waals surface area contributed by atoms with E-state index >= 15 is 0 Å². The molecule has 2 aromatic carbocycles. The van der Waals surface area contributed by atoms with E-state index in [4.69, 9.17) is 11.6 Å². The molecule has 2 aromatic rings. The van der Waals surface area contributed by atoms with Crippen molar-refractivity contribution in [3.8, 4) is 0 Å². The molecule has 0 bridgehead atoms. The molecule has 0 nitrogen and oxygen atoms in total. The fourth-order valence-electron chi connectivity index (χ4n) is 1.64. The summed E-state index contributed by atoms with van der Waals surface area (Å²) >= 11 is 6.00. The van der Waals surface area contributed by atoms with Crippen LogP contribution in [0.1, 0.15) is 12.5 Å². The fourth-order valence-corrected chi connectivity index (χ4v) is 1.89. The second-order valence-corrected chi connectivity index (χ2v) is 3.58. The largest absolute Gasteiger partial charge is 0.0843 e. The van der Waals surface area contributed by atoms with E-state index in [1.807, 2.05) is 18.2 Å². The van der Waals surface area contributed by atoms with Gasteiger partial charge in [-0.15, -0.1) is 0 Å². The van der Waals surface area contributed by atoms with Crippen LogP contribution in [0.5, 0.6) is 0 Å². The van der Waals surface area contributed by atoms with Gasteiger partial charge in [0.15, 0.2) is 0 Å². The van der Waals surface area contributed by atoms with Crippen molar-refractivity contribution in [3.05, 3.63) is 47.0 Å². The molecular weight excluding hydrogens is 180 g/mol. The first-order valence-electron chi connectivity index (χ1n) is 4.48. The van der Waals surface area contributed by atoms with E-state index in [9.17, 15) is 0 Å². The van der Waals surface area contributed by atoms with Crippen molar-refractivity contribution in [1.29, 1.82) is 0 Å². The van der Waals surface area contributed by atoms with E-state index in [1.165, 1.54) is 16.3 Å². The van der Waals surface area contributed by atoms with Gasteiger partial charge in [-0.1, -0.05) is 42.8 Å². The first-order chi connectivity index (χ1) is 6.31. The molecule has 0 spiro atoms. The van der Waals surface area contributed by atoms with Gasteiger partial charge in [0, 0.05) is 5.02 Å². The zero-order valence-corrected chi connectivity index (χ0v) is 8.31. The summed E-state index contributed by atoms with van der Waals surface area (Å²) in [6.45, 7) is 2.15. The molecule has 0 saturated carbocycles. The Labute approximate surface area is 83.1 Å². The number of fused-ring (bicyclic) bond motifs is 1. The van der Waals surface area contributed by atoms with Gasteiger partial charge >= 0.3 is 0 Å². The van der Waals surface area contributed by atoms with Crippen molar-refractivity contribution in [1.82, 2.24) is 0 Å². The van der Waals surface area contributed by atoms with Crippen molar-refractivity contribution in [3.63, 3.8) is 0 Å². The van der Waals surface area contributed by atoms with E-state index in [0.717, 1.165) is 11.4 Å². The molecular formula is C12H11Cl. The number of benzene rings is 2. The predicted octanol–water partition coefficient (Wildman–Crippen LogP) is 4.06. The van der Waals surface area contributed by atoms with E-state index in [-0.39, 0.29) is 0 Å². The van der Waals surface area contributed by atoms with Gasteiger partial charge in [0.05, 0.1) is 0 Å². The smallest absolute Gasteiger partial charge is 0.0415 e. The highest BCUT2D eigenvalue weighted by Gasteiger charge is 1.99. The summed E-state index contributed by atoms with van der Waals surface area (Å²) < 4.78 is 0. The third-order valence-corrected chi connectivity index (χ3v) is 2.51. The lowest BCUT2D eigenvalue weighted by molar-refractivity contribution is 1.16. The summed E-state index contributed by atoms with van der Waals surface area (Å²) in [5, 5.41) is 3.37. The SMILES string of the molecule is CCc1cc(Cl)cc2ccccc12. The Bertz CT molecular complexity index is 432. The lowest BCUT2D eigenvalue weighted by atomic mass is 10.0. The summed E-state index contributed by atoms with van der Waals surface area (Å²) in [7, 11) is 0. The minimum atomic E-state index is 0.829. The molecule has 0 aliphatic heterocycles. The molecule has 13 heavy (non-hydrogen) atoms. The second kappa shape index (κ2) is 3.39. The minimum absolute atomic E-state index is 0.829. The molecule has 66 valence electrons. The molecule has 0 aliphatic carbocycles. The van der Waals surface area contributed by atoms with E-state index in [1.54, 1.807) is 0 Å². The molecule has 0 aliphatic rings. The average Bonchev–Trinajstić information content (AvgIpc) is 2.16. The van der Waals surface area contributed by atoms with Crippen LogP contribution in [0.15, 0.2) is 36.4 Å². The first kappa shape index (κ1) is 8.58. The van der Waals surface area contributed by atoms with E-state index in [0.29, 0.717) is 0 Å². The predicted molar refractivity (Wildman–Crippen MR) is 58.3 cm³/mol. The number of hydrogen-bond acceptors (Lipinski definition) is 0. The number of rotatable bonds is 1. The zero-order valence-electron chi connectivity index (χ0n) is 7.55. The zero-order chi connectivity index (χ0) is 9.26. The Morgan fingerprint density at radius 2 is 1.92 bits per heavy atom. The molecule has 0 amide bonds. The molecule has 0 aromatic heterocycles. The van der Waals surface area contributed by atoms with Crippen LogP contribution in [-0.4, -0.2) is 0 Å². The van der Waals surface area contributed by atoms with Crippen LogP contribution in [-0.2, 0) is 6.42 Å². The van der Waals surface area contributed by atoms with Crippen LogP contribution in [0.3, 0.4) is 0 Å². The number of halogens is 1. The van der Waals surface area contributed by atoms with Crippen LogP contribution in [0.25, 0.3) is 10.8 Å². The van der Waals surface area contributed by atoms with Gasteiger partial charge in [-0.25, -0.2) is 0 Å². The Morgan fingerprint density at radius 1 is 1.15 bits per heavy atom. The van der Waals surface area contributed by atoms with Crippen LogP contribution in [0.4, 0.5) is 0 Å². The normalized spacial score (nSPS) is 10.6. The molecule has 0 unspecified atom stereocenters. The summed E-state index contributed by atoms with van der Waals surface area (Å²) in [5.74, 6) is 0. The van der Waals surface area contributed by atoms with Gasteiger partial charge in [0.1, 0.15) is 0 Å². The Morgan fingerprint density at radius 3 is 2.69 bits per heavy atom. The lowest BCUT2D eigenvalue weighted by Crippen LogP contribution is -1.83. The summed E-state index contributed by atoms with van der Waals surface area (Å²) in [6, 6.07) is 12.4. The highest BCUT2D eigenvalue weighted by atomic mass is 35.5. The quantitative estimate of drug-likeness (QED) is 0.637. The molecule has 0 N–H and O–H groups in total. The third kappa shape index (κ3) is 1.54. The highest BCUT2D eigenvalue weighted by Crippen LogP contribution is 2.23. The Kier molecular flexibility index (Phi) is 2.24. The van der Waals surface area contributed by atoms with Crippen molar-refractivity contribution in [2.24, 2.45) is 0 Å². The fraction of sp³-hybridized carbons (Fsp3) is 0.167. The molecule has 0 radical (unpaired) electrons. The molecule has 0 saturated heterocycles. The van der Waals surface area contributed by atoms with E-state index < -0.39 is 0 Å². The number of hydrogen-bond donors (Lipinski definition) is 0. The molecule has 0 atom stereocenters. The standard InChI is InChI=1S/C12H11Cl/c1-2-9-7-11(13)8-10-5-3-4-6-12(9)10/h3-8H,2H2,1H3. The topological polar surface area (TPSA) is 0 Å². The van der Waals surface area contributed by atoms with Gasteiger partial charge in [-0.3, -0.25) is 0 Å². The van der Waals surface area contributed by atoms with Gasteiger partial charge in [-0.2, -0.15) is 0 Å². The first-order valence-corrected chi connectivity index (χ1v) is 4.86. The average molecular weight is 191 g/mol. The van der Waals surface area contributed by atoms with Crippen molar-refractivity contribution in [2.45, 2.75) is 13.3 Å². The van der Waals surface area contributed by atoms with E-state index in [2.05, 4.69) is 25.1 Å². The highest BCUT2D eigenvalue weighted by molar-refractivity contribution is 6.31. The molecule has 0 heterocycles. The Hall–Kier alpha value is -1.01. The maximum Gasteiger partial charge on any atom is 0.0415 e. The third-order valence-electron chi connectivity index (χ3n) is 2.29. The van der Waals surface area contributed by atoms with Gasteiger partial charge in [0.25, 0.3) is 0 Å². The van der Waals surface area contributed by atoms with Crippen molar-refractivity contribution in [2.75, 3.05) is 0 Å². The maximum atomic E-state index is 6.00. The summed E-state index contributed by atoms with van der Waals surface area (Å²) in [5.41, 5.74) is 1.32. The van der Waals surface area contributed by atoms with Crippen LogP contribution < -0.4 is 0 Å². The minimum Gasteiger partial charge on any atom is -0.0843 e. The summed E-state index contributed by atoms with van der Waals surface area (Å²) in [4.78, 5) is 0. The molecule has 1 heteroatoms. The summed E-state index contributed by atoms with van der Waals surface area (Å²) in [6.07, 6.45) is 1.03. The van der Waals surface area contributed by atoms with Crippen LogP contribution >= 0.6 is 11.6 Å². The number of aryl methyl sites for hydroxylation is 1. The van der Waals surface area contributed by atoms with Gasteiger partial charge in [-0.05, 0) is 34.9 Å². The van der Waals surface area contributed by atoms with Gasteiger partial charge < -0.3 is 0 Å². The van der Waals surface area contributed by atoms with Crippen molar-refractivity contribution < 1.29 is 0 Å². The Balaban J connectivity index is 2.81. The monoisotopic (exact) mass is 190 g/mol. The lowest BCUT2D eigenvalue weighted by Gasteiger charge is -2.04. The van der Waals surface area contributed by atoms with Crippen LogP contribution in [0.2, 0.25) is 5.02 Å². The van der Waals surface area contributed by atoms with Gasteiger partial charge in [0.2, 0.25) is 0 Å². The van der Waals surface area contributed by atoms with Crippen LogP contribution in [0, 0.1) is 0 Å². The molecule has 2 rings (SSSR count). The second-order valence-electron chi connectivity index (χ2n) is 3.14. The maximum absolute atomic E-state index is 6.00.